The quantitative estimate of drug-likeness (QED) is 0.249. The number of ether oxygens (including phenoxy) is 5. The molecule has 0 spiro atoms. The van der Waals surface area contributed by atoms with Crippen LogP contribution in [0.3, 0.4) is 0 Å². The standard InChI is InChI=1S/C27H28ClN3O6/c1-33-14-15-36-18-8-10-20-24(17-18)29-13-12-27(20,35-3)37-19-9-11-22(21(28)16-19)30-26(32)31-23-6-4-5-7-25(23)34-2/h4-11,13,16-17H,12,14-15H2,1-3H3,(H2,30,31,32). The van der Waals surface area contributed by atoms with Crippen LogP contribution in [-0.4, -0.2) is 46.8 Å². The molecule has 1 heterocycles. The lowest BCUT2D eigenvalue weighted by atomic mass is 9.97. The Labute approximate surface area is 220 Å². The van der Waals surface area contributed by atoms with Gasteiger partial charge in [0, 0.05) is 38.1 Å². The Kier molecular flexibility index (Phi) is 8.50. The smallest absolute Gasteiger partial charge is 0.323 e. The zero-order chi connectivity index (χ0) is 26.3. The van der Waals surface area contributed by atoms with Crippen LogP contribution in [0.25, 0.3) is 0 Å². The summed E-state index contributed by atoms with van der Waals surface area (Å²) in [6.07, 6.45) is 2.13. The fraction of sp³-hybridized carbons (Fsp3) is 0.259. The van der Waals surface area contributed by atoms with Crippen molar-refractivity contribution in [3.63, 3.8) is 0 Å². The van der Waals surface area contributed by atoms with Gasteiger partial charge < -0.3 is 34.3 Å². The van der Waals surface area contributed by atoms with Crippen molar-refractivity contribution in [1.82, 2.24) is 0 Å². The summed E-state index contributed by atoms with van der Waals surface area (Å²) in [5.74, 6) is 0.568. The van der Waals surface area contributed by atoms with Crippen LogP contribution in [0.4, 0.5) is 21.9 Å². The summed E-state index contributed by atoms with van der Waals surface area (Å²) in [6.45, 7) is 0.917. The molecule has 0 aliphatic carbocycles. The Bertz CT molecular complexity index is 1280. The summed E-state index contributed by atoms with van der Waals surface area (Å²) in [7, 11) is 4.73. The van der Waals surface area contributed by atoms with Gasteiger partial charge in [0.25, 0.3) is 0 Å². The van der Waals surface area contributed by atoms with E-state index in [9.17, 15) is 4.79 Å². The fourth-order valence-corrected chi connectivity index (χ4v) is 4.07. The van der Waals surface area contributed by atoms with Gasteiger partial charge in [0.05, 0.1) is 42.2 Å². The SMILES string of the molecule is COCCOc1ccc2c(c1)N=CCC2(OC)Oc1ccc(NC(=O)Nc2ccccc2OC)c(Cl)c1. The number of nitrogens with zero attached hydrogens (tertiary/aromatic N) is 1. The summed E-state index contributed by atoms with van der Waals surface area (Å²) in [6, 6.07) is 17.2. The van der Waals surface area contributed by atoms with E-state index in [2.05, 4.69) is 15.6 Å². The number of nitrogens with one attached hydrogen (secondary N) is 2. The normalized spacial score (nSPS) is 16.0. The van der Waals surface area contributed by atoms with Crippen molar-refractivity contribution < 1.29 is 28.5 Å². The van der Waals surface area contributed by atoms with E-state index in [0.29, 0.717) is 59.0 Å². The molecule has 1 unspecified atom stereocenters. The first-order valence-corrected chi connectivity index (χ1v) is 11.9. The van der Waals surface area contributed by atoms with E-state index in [-0.39, 0.29) is 0 Å². The molecule has 1 aliphatic heterocycles. The highest BCUT2D eigenvalue weighted by Gasteiger charge is 2.39. The number of methoxy groups -OCH3 is 3. The predicted octanol–water partition coefficient (Wildman–Crippen LogP) is 6.00. The minimum Gasteiger partial charge on any atom is -0.495 e. The number of benzene rings is 3. The summed E-state index contributed by atoms with van der Waals surface area (Å²) in [4.78, 5) is 17.0. The van der Waals surface area contributed by atoms with Gasteiger partial charge in [0.1, 0.15) is 23.9 Å². The third-order valence-corrected chi connectivity index (χ3v) is 6.00. The van der Waals surface area contributed by atoms with Gasteiger partial charge in [-0.15, -0.1) is 0 Å². The maximum Gasteiger partial charge on any atom is 0.323 e. The second-order valence-electron chi connectivity index (χ2n) is 8.02. The molecule has 0 saturated heterocycles. The van der Waals surface area contributed by atoms with Crippen LogP contribution in [-0.2, 0) is 15.3 Å². The summed E-state index contributed by atoms with van der Waals surface area (Å²) in [5.41, 5.74) is 2.38. The lowest BCUT2D eigenvalue weighted by Crippen LogP contribution is -2.37. The second kappa shape index (κ2) is 12.0. The number of halogens is 1. The molecule has 10 heteroatoms. The Hall–Kier alpha value is -3.79. The van der Waals surface area contributed by atoms with E-state index in [0.717, 1.165) is 5.56 Å². The topological polar surface area (TPSA) is 99.6 Å². The Morgan fingerprint density at radius 3 is 2.51 bits per heavy atom. The van der Waals surface area contributed by atoms with Crippen molar-refractivity contribution in [3.05, 3.63) is 71.2 Å². The molecule has 1 atom stereocenters. The van der Waals surface area contributed by atoms with Crippen molar-refractivity contribution in [2.24, 2.45) is 4.99 Å². The van der Waals surface area contributed by atoms with Gasteiger partial charge in [0.15, 0.2) is 0 Å². The van der Waals surface area contributed by atoms with Crippen molar-refractivity contribution >= 4 is 40.9 Å². The number of anilines is 2. The van der Waals surface area contributed by atoms with Gasteiger partial charge >= 0.3 is 6.03 Å². The largest absolute Gasteiger partial charge is 0.495 e. The zero-order valence-electron chi connectivity index (χ0n) is 20.7. The first-order valence-electron chi connectivity index (χ1n) is 11.5. The van der Waals surface area contributed by atoms with Crippen molar-refractivity contribution in [1.29, 1.82) is 0 Å². The molecule has 2 amide bonds. The van der Waals surface area contributed by atoms with Crippen LogP contribution >= 0.6 is 11.6 Å². The van der Waals surface area contributed by atoms with Gasteiger partial charge in [0.2, 0.25) is 5.79 Å². The van der Waals surface area contributed by atoms with Crippen molar-refractivity contribution in [3.8, 4) is 17.2 Å². The number of carbonyl (C=O) groups excluding carboxylic acids is 1. The summed E-state index contributed by atoms with van der Waals surface area (Å²) >= 11 is 6.48. The Morgan fingerprint density at radius 2 is 1.76 bits per heavy atom. The molecule has 0 bridgehead atoms. The fourth-order valence-electron chi connectivity index (χ4n) is 3.85. The maximum absolute atomic E-state index is 12.5. The van der Waals surface area contributed by atoms with Crippen molar-refractivity contribution in [2.45, 2.75) is 12.2 Å². The highest BCUT2D eigenvalue weighted by molar-refractivity contribution is 6.34. The molecular formula is C27H28ClN3O6. The molecule has 0 fully saturated rings. The average Bonchev–Trinajstić information content (AvgIpc) is 2.90. The second-order valence-corrected chi connectivity index (χ2v) is 8.42. The molecule has 3 aromatic rings. The van der Waals surface area contributed by atoms with E-state index < -0.39 is 11.8 Å². The Morgan fingerprint density at radius 1 is 0.973 bits per heavy atom. The van der Waals surface area contributed by atoms with Gasteiger partial charge in [-0.1, -0.05) is 23.7 Å². The minimum absolute atomic E-state index is 0.297. The van der Waals surface area contributed by atoms with Crippen LogP contribution in [0.5, 0.6) is 17.2 Å². The highest BCUT2D eigenvalue weighted by Crippen LogP contribution is 2.42. The number of aliphatic imine (C=N–C) groups is 1. The van der Waals surface area contributed by atoms with Crippen LogP contribution in [0.15, 0.2) is 65.7 Å². The number of carbonyl (C=O) groups is 1. The van der Waals surface area contributed by atoms with Gasteiger partial charge in [-0.05, 0) is 36.4 Å². The number of urea groups is 1. The third-order valence-electron chi connectivity index (χ3n) is 5.68. The number of fused-ring (bicyclic) bond motifs is 1. The molecule has 2 N–H and O–H groups in total. The molecule has 0 aromatic heterocycles. The number of para-hydroxylation sites is 2. The number of hydrogen-bond donors (Lipinski definition) is 2. The first-order chi connectivity index (χ1) is 18.0. The van der Waals surface area contributed by atoms with E-state index in [4.69, 9.17) is 35.3 Å². The molecule has 3 aromatic carbocycles. The molecule has 4 rings (SSSR count). The lowest BCUT2D eigenvalue weighted by molar-refractivity contribution is -0.166. The number of amides is 2. The summed E-state index contributed by atoms with van der Waals surface area (Å²) in [5, 5.41) is 5.78. The van der Waals surface area contributed by atoms with E-state index in [1.807, 2.05) is 24.3 Å². The van der Waals surface area contributed by atoms with E-state index in [1.165, 1.54) is 7.11 Å². The van der Waals surface area contributed by atoms with Crippen LogP contribution in [0.1, 0.15) is 12.0 Å². The van der Waals surface area contributed by atoms with Crippen LogP contribution in [0.2, 0.25) is 5.02 Å². The molecule has 0 saturated carbocycles. The molecule has 9 nitrogen and oxygen atoms in total. The number of rotatable bonds is 10. The monoisotopic (exact) mass is 525 g/mol. The predicted molar refractivity (Wildman–Crippen MR) is 143 cm³/mol. The van der Waals surface area contributed by atoms with E-state index >= 15 is 0 Å². The van der Waals surface area contributed by atoms with Crippen molar-refractivity contribution in [2.75, 3.05) is 45.2 Å². The summed E-state index contributed by atoms with van der Waals surface area (Å²) < 4.78 is 28.2. The average molecular weight is 526 g/mol. The maximum atomic E-state index is 12.5. The molecular weight excluding hydrogens is 498 g/mol. The van der Waals surface area contributed by atoms with Gasteiger partial charge in [-0.2, -0.15) is 0 Å². The minimum atomic E-state index is -1.11. The molecule has 194 valence electrons. The van der Waals surface area contributed by atoms with Gasteiger partial charge in [-0.3, -0.25) is 4.99 Å². The van der Waals surface area contributed by atoms with E-state index in [1.54, 1.807) is 56.8 Å². The zero-order valence-corrected chi connectivity index (χ0v) is 21.5. The highest BCUT2D eigenvalue weighted by atomic mass is 35.5. The van der Waals surface area contributed by atoms with Gasteiger partial charge in [-0.25, -0.2) is 4.79 Å². The van der Waals surface area contributed by atoms with Crippen LogP contribution in [0, 0.1) is 0 Å². The number of hydrogen-bond acceptors (Lipinski definition) is 7. The van der Waals surface area contributed by atoms with Crippen LogP contribution < -0.4 is 24.8 Å². The third kappa shape index (κ3) is 6.14. The molecule has 37 heavy (non-hydrogen) atoms. The Balaban J connectivity index is 1.48. The lowest BCUT2D eigenvalue weighted by Gasteiger charge is -2.35. The first kappa shape index (κ1) is 26.3. The molecule has 0 radical (unpaired) electrons. The molecule has 1 aliphatic rings.